The van der Waals surface area contributed by atoms with Crippen LogP contribution in [0.25, 0.3) is 11.1 Å². The Bertz CT molecular complexity index is 1080. The minimum absolute atomic E-state index is 0.0471. The summed E-state index contributed by atoms with van der Waals surface area (Å²) in [6.07, 6.45) is 2.94. The van der Waals surface area contributed by atoms with Crippen molar-refractivity contribution in [3.63, 3.8) is 0 Å². The zero-order chi connectivity index (χ0) is 22.0. The average Bonchev–Trinajstić information content (AvgIpc) is 2.79. The first-order valence-electron chi connectivity index (χ1n) is 10.2. The van der Waals surface area contributed by atoms with Crippen molar-refractivity contribution >= 4 is 11.7 Å². The normalized spacial score (nSPS) is 15.6. The molecule has 0 amide bonds. The Morgan fingerprint density at radius 1 is 1.00 bits per heavy atom. The number of pyridine rings is 1. The summed E-state index contributed by atoms with van der Waals surface area (Å²) in [5, 5.41) is 18.6. The molecule has 2 heterocycles. The summed E-state index contributed by atoms with van der Waals surface area (Å²) in [5.41, 5.74) is 3.24. The molecule has 0 saturated carbocycles. The van der Waals surface area contributed by atoms with Gasteiger partial charge in [-0.2, -0.15) is 0 Å². The highest BCUT2D eigenvalue weighted by atomic mass is 19.1. The van der Waals surface area contributed by atoms with Gasteiger partial charge in [0.1, 0.15) is 11.6 Å². The Kier molecular flexibility index (Phi) is 5.86. The number of carbonyl (C=O) groups is 1. The number of nitrogens with zero attached hydrogens (tertiary/aromatic N) is 3. The van der Waals surface area contributed by atoms with Crippen LogP contribution in [0.15, 0.2) is 60.9 Å². The number of rotatable bonds is 5. The molecule has 1 aliphatic rings. The maximum atomic E-state index is 14.9. The molecule has 1 saturated heterocycles. The summed E-state index contributed by atoms with van der Waals surface area (Å²) < 4.78 is 14.9. The second-order valence-corrected chi connectivity index (χ2v) is 7.72. The highest BCUT2D eigenvalue weighted by Gasteiger charge is 2.24. The van der Waals surface area contributed by atoms with Gasteiger partial charge < -0.3 is 15.1 Å². The van der Waals surface area contributed by atoms with E-state index in [1.807, 2.05) is 25.1 Å². The Labute approximate surface area is 180 Å². The lowest BCUT2D eigenvalue weighted by molar-refractivity contribution is 0.0697. The number of carboxylic acids is 1. The van der Waals surface area contributed by atoms with Crippen molar-refractivity contribution in [3.05, 3.63) is 77.9 Å². The minimum atomic E-state index is -0.932. The van der Waals surface area contributed by atoms with Gasteiger partial charge in [-0.15, -0.1) is 0 Å². The predicted octanol–water partition coefficient (Wildman–Crippen LogP) is 4.17. The smallest absolute Gasteiger partial charge is 0.335 e. The molecule has 2 N–H and O–H groups in total. The maximum Gasteiger partial charge on any atom is 0.335 e. The number of aromatic nitrogens is 1. The quantitative estimate of drug-likeness (QED) is 0.644. The SMILES string of the molecule is CC(c1ccc(-c2cncc(O)c2)cc1F)N1CCN(c2ccc(C(=O)O)cc2)CC1. The number of anilines is 1. The molecule has 31 heavy (non-hydrogen) atoms. The van der Waals surface area contributed by atoms with Crippen molar-refractivity contribution in [2.75, 3.05) is 31.1 Å². The summed E-state index contributed by atoms with van der Waals surface area (Å²) >= 11 is 0. The first kappa shape index (κ1) is 20.8. The van der Waals surface area contributed by atoms with E-state index in [1.54, 1.807) is 30.5 Å². The van der Waals surface area contributed by atoms with Crippen molar-refractivity contribution in [3.8, 4) is 16.9 Å². The standard InChI is InChI=1S/C24H24FN3O3/c1-16(22-7-4-18(13-23(22)25)19-12-21(29)15-26-14-19)27-8-10-28(11-9-27)20-5-2-17(3-6-20)24(30)31/h2-7,12-16,29H,8-11H2,1H3,(H,30,31). The van der Waals surface area contributed by atoms with Crippen LogP contribution in [0.4, 0.5) is 10.1 Å². The van der Waals surface area contributed by atoms with Crippen molar-refractivity contribution in [1.82, 2.24) is 9.88 Å². The molecule has 3 aromatic rings. The van der Waals surface area contributed by atoms with E-state index in [0.29, 0.717) is 16.7 Å². The van der Waals surface area contributed by atoms with Gasteiger partial charge in [-0.1, -0.05) is 12.1 Å². The van der Waals surface area contributed by atoms with Crippen LogP contribution in [0.3, 0.4) is 0 Å². The van der Waals surface area contributed by atoms with Crippen LogP contribution in [0.2, 0.25) is 0 Å². The van der Waals surface area contributed by atoms with E-state index in [9.17, 15) is 14.3 Å². The highest BCUT2D eigenvalue weighted by Crippen LogP contribution is 2.29. The monoisotopic (exact) mass is 421 g/mol. The van der Waals surface area contributed by atoms with Gasteiger partial charge in [0, 0.05) is 55.2 Å². The number of aromatic hydroxyl groups is 1. The maximum absolute atomic E-state index is 14.9. The minimum Gasteiger partial charge on any atom is -0.506 e. The molecule has 4 rings (SSSR count). The summed E-state index contributed by atoms with van der Waals surface area (Å²) in [5.74, 6) is -1.16. The second-order valence-electron chi connectivity index (χ2n) is 7.72. The summed E-state index contributed by atoms with van der Waals surface area (Å²) in [6, 6.07) is 13.5. The van der Waals surface area contributed by atoms with E-state index < -0.39 is 5.97 Å². The van der Waals surface area contributed by atoms with Gasteiger partial charge >= 0.3 is 5.97 Å². The van der Waals surface area contributed by atoms with Crippen LogP contribution in [0.5, 0.6) is 5.75 Å². The van der Waals surface area contributed by atoms with Crippen molar-refractivity contribution < 1.29 is 19.4 Å². The van der Waals surface area contributed by atoms with E-state index in [2.05, 4.69) is 14.8 Å². The third kappa shape index (κ3) is 4.51. The van der Waals surface area contributed by atoms with Crippen LogP contribution in [0, 0.1) is 5.82 Å². The molecule has 1 fully saturated rings. The first-order valence-corrected chi connectivity index (χ1v) is 10.2. The van der Waals surface area contributed by atoms with Crippen molar-refractivity contribution in [1.29, 1.82) is 0 Å². The lowest BCUT2D eigenvalue weighted by Gasteiger charge is -2.39. The Hall–Kier alpha value is -3.45. The number of aromatic carboxylic acids is 1. The number of hydrogen-bond donors (Lipinski definition) is 2. The number of halogens is 1. The third-order valence-corrected chi connectivity index (χ3v) is 5.85. The molecule has 0 radical (unpaired) electrons. The second kappa shape index (κ2) is 8.73. The summed E-state index contributed by atoms with van der Waals surface area (Å²) in [4.78, 5) is 19.4. The molecule has 6 nitrogen and oxygen atoms in total. The molecule has 1 aliphatic heterocycles. The molecule has 1 unspecified atom stereocenters. The third-order valence-electron chi connectivity index (χ3n) is 5.85. The topological polar surface area (TPSA) is 76.9 Å². The largest absolute Gasteiger partial charge is 0.506 e. The van der Waals surface area contributed by atoms with Gasteiger partial charge in [0.05, 0.1) is 11.8 Å². The van der Waals surface area contributed by atoms with E-state index in [4.69, 9.17) is 5.11 Å². The fourth-order valence-corrected chi connectivity index (χ4v) is 4.01. The molecule has 7 heteroatoms. The van der Waals surface area contributed by atoms with Gasteiger partial charge in [0.25, 0.3) is 0 Å². The number of benzene rings is 2. The van der Waals surface area contributed by atoms with Crippen LogP contribution >= 0.6 is 0 Å². The number of hydrogen-bond acceptors (Lipinski definition) is 5. The lowest BCUT2D eigenvalue weighted by atomic mass is 10.00. The zero-order valence-corrected chi connectivity index (χ0v) is 17.2. The molecule has 0 aliphatic carbocycles. The van der Waals surface area contributed by atoms with Crippen LogP contribution in [-0.2, 0) is 0 Å². The van der Waals surface area contributed by atoms with Gasteiger partial charge in [-0.25, -0.2) is 9.18 Å². The van der Waals surface area contributed by atoms with Gasteiger partial charge in [-0.3, -0.25) is 9.88 Å². The van der Waals surface area contributed by atoms with Gasteiger partial charge in [0.2, 0.25) is 0 Å². The molecular formula is C24H24FN3O3. The Morgan fingerprint density at radius 2 is 1.71 bits per heavy atom. The van der Waals surface area contributed by atoms with Gasteiger partial charge in [-0.05, 0) is 48.9 Å². The highest BCUT2D eigenvalue weighted by molar-refractivity contribution is 5.88. The zero-order valence-electron chi connectivity index (χ0n) is 17.2. The lowest BCUT2D eigenvalue weighted by Crippen LogP contribution is -2.47. The van der Waals surface area contributed by atoms with Crippen LogP contribution in [0.1, 0.15) is 28.9 Å². The van der Waals surface area contributed by atoms with E-state index >= 15 is 0 Å². The summed E-state index contributed by atoms with van der Waals surface area (Å²) in [7, 11) is 0. The predicted molar refractivity (Wildman–Crippen MR) is 117 cm³/mol. The Balaban J connectivity index is 1.42. The van der Waals surface area contributed by atoms with E-state index in [0.717, 1.165) is 31.9 Å². The fraction of sp³-hybridized carbons (Fsp3) is 0.250. The molecule has 0 bridgehead atoms. The van der Waals surface area contributed by atoms with E-state index in [1.165, 1.54) is 12.3 Å². The molecule has 160 valence electrons. The molecule has 1 atom stereocenters. The Morgan fingerprint density at radius 3 is 2.32 bits per heavy atom. The molecule has 0 spiro atoms. The van der Waals surface area contributed by atoms with Crippen molar-refractivity contribution in [2.24, 2.45) is 0 Å². The number of piperazine rings is 1. The number of carboxylic acid groups (broad SMARTS) is 1. The van der Waals surface area contributed by atoms with E-state index in [-0.39, 0.29) is 23.2 Å². The summed E-state index contributed by atoms with van der Waals surface area (Å²) in [6.45, 7) is 5.13. The first-order chi connectivity index (χ1) is 14.9. The van der Waals surface area contributed by atoms with Crippen molar-refractivity contribution in [2.45, 2.75) is 13.0 Å². The van der Waals surface area contributed by atoms with Crippen LogP contribution in [-0.4, -0.2) is 52.2 Å². The van der Waals surface area contributed by atoms with Gasteiger partial charge in [0.15, 0.2) is 0 Å². The van der Waals surface area contributed by atoms with Crippen LogP contribution < -0.4 is 4.90 Å². The molecule has 1 aromatic heterocycles. The molecule has 2 aromatic carbocycles. The average molecular weight is 421 g/mol. The molecular weight excluding hydrogens is 397 g/mol. The fourth-order valence-electron chi connectivity index (χ4n) is 4.01.